The van der Waals surface area contributed by atoms with Crippen molar-refractivity contribution < 1.29 is 8.42 Å². The van der Waals surface area contributed by atoms with Crippen molar-refractivity contribution in [3.8, 4) is 0 Å². The Morgan fingerprint density at radius 1 is 1.32 bits per heavy atom. The van der Waals surface area contributed by atoms with Crippen molar-refractivity contribution in [2.75, 3.05) is 18.1 Å². The molecule has 0 spiro atoms. The Kier molecular flexibility index (Phi) is 6.83. The summed E-state index contributed by atoms with van der Waals surface area (Å²) in [7, 11) is -2.87. The van der Waals surface area contributed by atoms with Crippen LogP contribution in [0.5, 0.6) is 0 Å². The highest BCUT2D eigenvalue weighted by atomic mass is 35.5. The largest absolute Gasteiger partial charge is 0.310 e. The molecule has 108 valence electrons. The molecule has 0 aliphatic carbocycles. The van der Waals surface area contributed by atoms with Crippen LogP contribution in [0.2, 0.25) is 5.02 Å². The van der Waals surface area contributed by atoms with Crippen molar-refractivity contribution in [1.82, 2.24) is 5.32 Å². The lowest BCUT2D eigenvalue weighted by atomic mass is 10.0. The van der Waals surface area contributed by atoms with Gasteiger partial charge in [-0.3, -0.25) is 0 Å². The van der Waals surface area contributed by atoms with E-state index < -0.39 is 9.84 Å². The highest BCUT2D eigenvalue weighted by molar-refractivity contribution is 7.91. The van der Waals surface area contributed by atoms with Gasteiger partial charge in [-0.15, -0.1) is 0 Å². The van der Waals surface area contributed by atoms with Crippen molar-refractivity contribution in [1.29, 1.82) is 0 Å². The lowest BCUT2D eigenvalue weighted by Gasteiger charge is -2.18. The van der Waals surface area contributed by atoms with Gasteiger partial charge in [0.1, 0.15) is 9.84 Å². The molecule has 1 aromatic carbocycles. The molecule has 5 heteroatoms. The summed E-state index contributed by atoms with van der Waals surface area (Å²) in [5, 5.41) is 4.09. The van der Waals surface area contributed by atoms with Gasteiger partial charge in [-0.1, -0.05) is 37.6 Å². The van der Waals surface area contributed by atoms with E-state index in [9.17, 15) is 8.42 Å². The van der Waals surface area contributed by atoms with E-state index in [-0.39, 0.29) is 17.5 Å². The first kappa shape index (κ1) is 16.5. The van der Waals surface area contributed by atoms with Gasteiger partial charge in [-0.05, 0) is 37.1 Å². The average Bonchev–Trinajstić information content (AvgIpc) is 2.37. The molecular formula is C14H22ClNO2S. The number of nitrogens with one attached hydrogen (secondary N) is 1. The second-order valence-electron chi connectivity index (χ2n) is 4.54. The van der Waals surface area contributed by atoms with E-state index in [4.69, 9.17) is 11.6 Å². The lowest BCUT2D eigenvalue weighted by Crippen LogP contribution is -2.22. The third-order valence-electron chi connectivity index (χ3n) is 3.09. The van der Waals surface area contributed by atoms with E-state index in [0.29, 0.717) is 11.4 Å². The van der Waals surface area contributed by atoms with Crippen LogP contribution in [-0.4, -0.2) is 26.5 Å². The van der Waals surface area contributed by atoms with Crippen molar-refractivity contribution >= 4 is 21.4 Å². The van der Waals surface area contributed by atoms with Crippen molar-refractivity contribution in [3.05, 3.63) is 34.9 Å². The van der Waals surface area contributed by atoms with Gasteiger partial charge in [-0.25, -0.2) is 8.42 Å². The fourth-order valence-electron chi connectivity index (χ4n) is 2.01. The van der Waals surface area contributed by atoms with Crippen LogP contribution < -0.4 is 5.32 Å². The molecule has 0 radical (unpaired) electrons. The topological polar surface area (TPSA) is 46.2 Å². The zero-order valence-electron chi connectivity index (χ0n) is 11.5. The lowest BCUT2D eigenvalue weighted by molar-refractivity contribution is 0.506. The Morgan fingerprint density at radius 2 is 2.05 bits per heavy atom. The fraction of sp³-hybridized carbons (Fsp3) is 0.571. The molecule has 3 nitrogen and oxygen atoms in total. The summed E-state index contributed by atoms with van der Waals surface area (Å²) >= 11 is 5.99. The van der Waals surface area contributed by atoms with Crippen molar-refractivity contribution in [2.24, 2.45) is 0 Å². The van der Waals surface area contributed by atoms with Gasteiger partial charge in [0.25, 0.3) is 0 Å². The predicted molar refractivity (Wildman–Crippen MR) is 81.4 cm³/mol. The molecule has 0 fully saturated rings. The minimum atomic E-state index is -2.87. The third kappa shape index (κ3) is 5.93. The molecule has 1 N–H and O–H groups in total. The summed E-state index contributed by atoms with van der Waals surface area (Å²) in [4.78, 5) is 0. The predicted octanol–water partition coefficient (Wildman–Crippen LogP) is 3.21. The molecule has 0 heterocycles. The summed E-state index contributed by atoms with van der Waals surface area (Å²) in [6, 6.07) is 7.88. The average molecular weight is 304 g/mol. The van der Waals surface area contributed by atoms with Gasteiger partial charge in [-0.2, -0.15) is 0 Å². The number of halogens is 1. The maximum Gasteiger partial charge on any atom is 0.150 e. The Labute approximate surface area is 121 Å². The molecule has 1 aromatic rings. The van der Waals surface area contributed by atoms with E-state index in [1.54, 1.807) is 6.92 Å². The number of benzene rings is 1. The molecule has 0 bridgehead atoms. The van der Waals surface area contributed by atoms with Crippen molar-refractivity contribution in [2.45, 2.75) is 32.7 Å². The van der Waals surface area contributed by atoms with Crippen LogP contribution in [0.25, 0.3) is 0 Å². The maximum atomic E-state index is 11.5. The Hall–Kier alpha value is -0.580. The molecule has 1 atom stereocenters. The van der Waals surface area contributed by atoms with E-state index in [1.165, 1.54) is 0 Å². The molecule has 19 heavy (non-hydrogen) atoms. The van der Waals surface area contributed by atoms with Gasteiger partial charge < -0.3 is 5.32 Å². The summed E-state index contributed by atoms with van der Waals surface area (Å²) < 4.78 is 23.0. The standard InChI is InChI=1S/C14H22ClNO2S/c1-3-16-14(9-6-10-19(17,18)4-2)12-7-5-8-13(15)11-12/h5,7-8,11,14,16H,3-4,6,9-10H2,1-2H3. The van der Waals surface area contributed by atoms with E-state index in [1.807, 2.05) is 31.2 Å². The molecule has 0 amide bonds. The molecule has 1 rings (SSSR count). The Morgan fingerprint density at radius 3 is 2.63 bits per heavy atom. The summed E-state index contributed by atoms with van der Waals surface area (Å²) in [6.45, 7) is 4.58. The second-order valence-corrected chi connectivity index (χ2v) is 7.45. The quantitative estimate of drug-likeness (QED) is 0.802. The van der Waals surface area contributed by atoms with Crippen LogP contribution in [0.4, 0.5) is 0 Å². The number of sulfone groups is 1. The molecule has 0 aromatic heterocycles. The van der Waals surface area contributed by atoms with Gasteiger partial charge >= 0.3 is 0 Å². The SMILES string of the molecule is CCNC(CCCS(=O)(=O)CC)c1cccc(Cl)c1. The highest BCUT2D eigenvalue weighted by Crippen LogP contribution is 2.22. The van der Waals surface area contributed by atoms with E-state index >= 15 is 0 Å². The second kappa shape index (κ2) is 7.88. The number of rotatable bonds is 8. The van der Waals surface area contributed by atoms with Crippen molar-refractivity contribution in [3.63, 3.8) is 0 Å². The van der Waals surface area contributed by atoms with Gasteiger partial charge in [0.05, 0.1) is 5.75 Å². The molecule has 0 aliphatic heterocycles. The first-order chi connectivity index (χ1) is 8.98. The molecular weight excluding hydrogens is 282 g/mol. The van der Waals surface area contributed by atoms with Gasteiger partial charge in [0.2, 0.25) is 0 Å². The number of hydrogen-bond acceptors (Lipinski definition) is 3. The van der Waals surface area contributed by atoms with Crippen LogP contribution in [0.3, 0.4) is 0 Å². The maximum absolute atomic E-state index is 11.5. The first-order valence-electron chi connectivity index (χ1n) is 6.67. The fourth-order valence-corrected chi connectivity index (χ4v) is 3.10. The summed E-state index contributed by atoms with van der Waals surface area (Å²) in [5.41, 5.74) is 1.11. The number of hydrogen-bond donors (Lipinski definition) is 1. The zero-order chi connectivity index (χ0) is 14.3. The molecule has 0 aliphatic rings. The minimum absolute atomic E-state index is 0.163. The zero-order valence-corrected chi connectivity index (χ0v) is 13.1. The third-order valence-corrected chi connectivity index (χ3v) is 5.11. The molecule has 0 saturated heterocycles. The van der Waals surface area contributed by atoms with E-state index in [0.717, 1.165) is 18.5 Å². The minimum Gasteiger partial charge on any atom is -0.310 e. The molecule has 0 saturated carbocycles. The monoisotopic (exact) mass is 303 g/mol. The summed E-state index contributed by atoms with van der Waals surface area (Å²) in [6.07, 6.45) is 1.47. The van der Waals surface area contributed by atoms with Crippen LogP contribution in [-0.2, 0) is 9.84 Å². The van der Waals surface area contributed by atoms with Crippen LogP contribution in [0.15, 0.2) is 24.3 Å². The van der Waals surface area contributed by atoms with Crippen LogP contribution in [0.1, 0.15) is 38.3 Å². The van der Waals surface area contributed by atoms with Crippen LogP contribution in [0, 0.1) is 0 Å². The molecule has 1 unspecified atom stereocenters. The Bertz CT molecular complexity index is 488. The van der Waals surface area contributed by atoms with Crippen LogP contribution >= 0.6 is 11.6 Å². The smallest absolute Gasteiger partial charge is 0.150 e. The highest BCUT2D eigenvalue weighted by Gasteiger charge is 2.13. The van der Waals surface area contributed by atoms with E-state index in [2.05, 4.69) is 5.32 Å². The first-order valence-corrected chi connectivity index (χ1v) is 8.87. The normalized spacial score (nSPS) is 13.4. The van der Waals surface area contributed by atoms with Gasteiger partial charge in [0.15, 0.2) is 0 Å². The summed E-state index contributed by atoms with van der Waals surface area (Å²) in [5.74, 6) is 0.474. The van der Waals surface area contributed by atoms with Gasteiger partial charge in [0, 0.05) is 16.8 Å². The Balaban J connectivity index is 2.63.